The van der Waals surface area contributed by atoms with Crippen LogP contribution in [0, 0.1) is 0 Å². The number of ether oxygens (including phenoxy) is 1. The Morgan fingerprint density at radius 2 is 2.14 bits per heavy atom. The molecule has 0 unspecified atom stereocenters. The Morgan fingerprint density at radius 3 is 2.93 bits per heavy atom. The Bertz CT molecular complexity index is 912. The minimum atomic E-state index is -0.0688. The minimum Gasteiger partial charge on any atom is -0.486 e. The van der Waals surface area contributed by atoms with E-state index in [4.69, 9.17) is 4.74 Å². The van der Waals surface area contributed by atoms with Gasteiger partial charge in [-0.1, -0.05) is 29.6 Å². The third-order valence-corrected chi connectivity index (χ3v) is 6.82. The van der Waals surface area contributed by atoms with Crippen LogP contribution in [0.3, 0.4) is 0 Å². The van der Waals surface area contributed by atoms with Crippen molar-refractivity contribution in [1.29, 1.82) is 0 Å². The zero-order valence-electron chi connectivity index (χ0n) is 16.5. The molecular weight excluding hydrogens is 406 g/mol. The fourth-order valence-corrected chi connectivity index (χ4v) is 5.06. The Hall–Kier alpha value is -2.00. The van der Waals surface area contributed by atoms with Crippen molar-refractivity contribution in [1.82, 2.24) is 20.1 Å². The average molecular weight is 432 g/mol. The first kappa shape index (κ1) is 20.3. The molecule has 0 radical (unpaired) electrons. The largest absolute Gasteiger partial charge is 0.486 e. The van der Waals surface area contributed by atoms with Crippen LogP contribution >= 0.6 is 23.5 Å². The molecule has 2 aliphatic rings. The molecule has 2 heterocycles. The van der Waals surface area contributed by atoms with Crippen LogP contribution in [-0.2, 0) is 30.8 Å². The number of carbonyl (C=O) groups excluding carboxylic acids is 1. The second kappa shape index (κ2) is 9.67. The monoisotopic (exact) mass is 431 g/mol. The lowest BCUT2D eigenvalue weighted by molar-refractivity contribution is -0.117. The summed E-state index contributed by atoms with van der Waals surface area (Å²) in [6.07, 6.45) is 4.82. The van der Waals surface area contributed by atoms with Crippen molar-refractivity contribution in [2.45, 2.75) is 50.9 Å². The number of amidine groups is 1. The van der Waals surface area contributed by atoms with E-state index in [-0.39, 0.29) is 11.7 Å². The van der Waals surface area contributed by atoms with E-state index in [9.17, 15) is 4.79 Å². The predicted molar refractivity (Wildman–Crippen MR) is 117 cm³/mol. The van der Waals surface area contributed by atoms with Gasteiger partial charge in [-0.25, -0.2) is 0 Å². The van der Waals surface area contributed by atoms with Crippen molar-refractivity contribution in [2.24, 2.45) is 4.99 Å². The molecule has 1 amide bonds. The molecule has 7 nitrogen and oxygen atoms in total. The molecule has 29 heavy (non-hydrogen) atoms. The first-order valence-electron chi connectivity index (χ1n) is 9.99. The van der Waals surface area contributed by atoms with Gasteiger partial charge < -0.3 is 14.6 Å². The highest BCUT2D eigenvalue weighted by Gasteiger charge is 2.16. The molecule has 9 heteroatoms. The van der Waals surface area contributed by atoms with Gasteiger partial charge in [-0.2, -0.15) is 0 Å². The Kier molecular flexibility index (Phi) is 6.76. The maximum atomic E-state index is 12.1. The number of rotatable bonds is 7. The summed E-state index contributed by atoms with van der Waals surface area (Å²) in [5, 5.41) is 12.8. The molecule has 0 spiro atoms. The number of aromatic nitrogens is 3. The highest BCUT2D eigenvalue weighted by molar-refractivity contribution is 8.14. The lowest BCUT2D eigenvalue weighted by Gasteiger charge is -2.16. The molecule has 0 saturated heterocycles. The van der Waals surface area contributed by atoms with Crippen molar-refractivity contribution in [3.05, 3.63) is 35.2 Å². The highest BCUT2D eigenvalue weighted by Crippen LogP contribution is 2.26. The zero-order chi connectivity index (χ0) is 20.1. The van der Waals surface area contributed by atoms with Crippen LogP contribution in [0.1, 0.15) is 36.7 Å². The number of thioether (sulfide) groups is 2. The summed E-state index contributed by atoms with van der Waals surface area (Å²) in [7, 11) is 0. The van der Waals surface area contributed by atoms with Crippen LogP contribution in [0.5, 0.6) is 5.75 Å². The summed E-state index contributed by atoms with van der Waals surface area (Å²) in [6, 6.07) is 6.38. The molecule has 1 aromatic carbocycles. The maximum absolute atomic E-state index is 12.1. The van der Waals surface area contributed by atoms with Crippen molar-refractivity contribution in [3.8, 4) is 5.75 Å². The number of hydrogen-bond acceptors (Lipinski definition) is 7. The fourth-order valence-electron chi connectivity index (χ4n) is 3.49. The molecule has 4 rings (SSSR count). The van der Waals surface area contributed by atoms with Gasteiger partial charge in [0.25, 0.3) is 0 Å². The highest BCUT2D eigenvalue weighted by atomic mass is 32.2. The summed E-state index contributed by atoms with van der Waals surface area (Å²) in [6.45, 7) is 3.90. The summed E-state index contributed by atoms with van der Waals surface area (Å²) in [5.74, 6) is 2.79. The minimum absolute atomic E-state index is 0.0688. The number of nitrogens with zero attached hydrogens (tertiary/aromatic N) is 4. The Labute approximate surface area is 179 Å². The molecule has 0 atom stereocenters. The summed E-state index contributed by atoms with van der Waals surface area (Å²) >= 11 is 2.96. The van der Waals surface area contributed by atoms with E-state index < -0.39 is 0 Å². The quantitative estimate of drug-likeness (QED) is 0.679. The number of aliphatic imine (C=N–C) groups is 1. The molecule has 1 aromatic heterocycles. The Morgan fingerprint density at radius 1 is 1.28 bits per heavy atom. The van der Waals surface area contributed by atoms with Crippen LogP contribution in [0.4, 0.5) is 0 Å². The van der Waals surface area contributed by atoms with Gasteiger partial charge in [-0.3, -0.25) is 9.79 Å². The van der Waals surface area contributed by atoms with Gasteiger partial charge in [0.2, 0.25) is 5.91 Å². The number of nitrogens with one attached hydrogen (secondary N) is 1. The first-order chi connectivity index (χ1) is 14.2. The summed E-state index contributed by atoms with van der Waals surface area (Å²) < 4.78 is 8.00. The van der Waals surface area contributed by atoms with Crippen molar-refractivity contribution in [3.63, 3.8) is 0 Å². The number of amides is 1. The van der Waals surface area contributed by atoms with Crippen LogP contribution < -0.4 is 10.1 Å². The van der Waals surface area contributed by atoms with Gasteiger partial charge in [0.15, 0.2) is 16.1 Å². The van der Waals surface area contributed by atoms with E-state index in [1.807, 2.05) is 17.6 Å². The molecule has 1 N–H and O–H groups in total. The van der Waals surface area contributed by atoms with Crippen LogP contribution in [0.15, 0.2) is 28.3 Å². The van der Waals surface area contributed by atoms with Gasteiger partial charge in [0.05, 0.1) is 12.3 Å². The van der Waals surface area contributed by atoms with Crippen LogP contribution in [0.2, 0.25) is 0 Å². The fraction of sp³-hybridized carbons (Fsp3) is 0.500. The van der Waals surface area contributed by atoms with E-state index >= 15 is 0 Å². The lowest BCUT2D eigenvalue weighted by Crippen LogP contribution is -2.29. The van der Waals surface area contributed by atoms with Gasteiger partial charge >= 0.3 is 0 Å². The maximum Gasteiger partial charge on any atom is 0.236 e. The van der Waals surface area contributed by atoms with Crippen molar-refractivity contribution in [2.75, 3.05) is 18.1 Å². The summed E-state index contributed by atoms with van der Waals surface area (Å²) in [5.41, 5.74) is 2.84. The molecule has 2 aromatic rings. The first-order valence-corrected chi connectivity index (χ1v) is 12.0. The summed E-state index contributed by atoms with van der Waals surface area (Å²) in [4.78, 5) is 16.3. The smallest absolute Gasteiger partial charge is 0.236 e. The molecule has 1 aliphatic carbocycles. The second-order valence-electron chi connectivity index (χ2n) is 6.94. The van der Waals surface area contributed by atoms with Crippen LogP contribution in [-0.4, -0.2) is 43.9 Å². The molecule has 0 saturated carbocycles. The predicted octanol–water partition coefficient (Wildman–Crippen LogP) is 3.07. The number of carbonyl (C=O) groups is 1. The Balaban J connectivity index is 1.34. The number of fused-ring (bicyclic) bond motifs is 1. The molecule has 154 valence electrons. The SMILES string of the molecule is CCn1c(COc2ccc3c(c2)CCCC3)nnc1SCC(=O)NC1=NCCS1. The van der Waals surface area contributed by atoms with E-state index in [1.165, 1.54) is 42.2 Å². The van der Waals surface area contributed by atoms with E-state index in [1.54, 1.807) is 11.8 Å². The van der Waals surface area contributed by atoms with Crippen LogP contribution in [0.25, 0.3) is 0 Å². The van der Waals surface area contributed by atoms with Gasteiger partial charge in [0.1, 0.15) is 12.4 Å². The zero-order valence-corrected chi connectivity index (χ0v) is 18.2. The standard InChI is InChI=1S/C20H25N5O2S2/c1-2-25-17(12-27-16-8-7-14-5-3-4-6-15(14)11-16)23-24-20(25)29-13-18(26)22-19-21-9-10-28-19/h7-8,11H,2-6,9-10,12-13H2,1H3,(H,21,22,26). The average Bonchev–Trinajstić information content (AvgIpc) is 3.39. The third kappa shape index (κ3) is 5.14. The number of hydrogen-bond donors (Lipinski definition) is 1. The topological polar surface area (TPSA) is 81.4 Å². The van der Waals surface area contributed by atoms with Crippen molar-refractivity contribution >= 4 is 34.6 Å². The van der Waals surface area contributed by atoms with Gasteiger partial charge in [0, 0.05) is 12.3 Å². The molecule has 1 aliphatic heterocycles. The number of aryl methyl sites for hydroxylation is 2. The van der Waals surface area contributed by atoms with Gasteiger partial charge in [-0.15, -0.1) is 10.2 Å². The van der Waals surface area contributed by atoms with E-state index in [2.05, 4.69) is 32.6 Å². The second-order valence-corrected chi connectivity index (χ2v) is 8.97. The molecule has 0 fully saturated rings. The molecular formula is C20H25N5O2S2. The van der Waals surface area contributed by atoms with E-state index in [0.29, 0.717) is 11.8 Å². The third-order valence-electron chi connectivity index (χ3n) is 4.96. The van der Waals surface area contributed by atoms with Crippen molar-refractivity contribution < 1.29 is 9.53 Å². The van der Waals surface area contributed by atoms with Gasteiger partial charge in [-0.05, 0) is 55.9 Å². The van der Waals surface area contributed by atoms with E-state index in [0.717, 1.165) is 42.0 Å². The lowest BCUT2D eigenvalue weighted by atomic mass is 9.92. The normalized spacial score (nSPS) is 15.7. The number of benzene rings is 1. The molecule has 0 bridgehead atoms.